The molecule has 0 radical (unpaired) electrons. The number of likely N-dealkylation sites (tertiary alicyclic amines) is 1. The van der Waals surface area contributed by atoms with Crippen LogP contribution < -0.4 is 5.32 Å². The van der Waals surface area contributed by atoms with Crippen LogP contribution in [0.25, 0.3) is 11.3 Å². The van der Waals surface area contributed by atoms with Crippen molar-refractivity contribution in [1.82, 2.24) is 29.6 Å². The Labute approximate surface area is 225 Å². The van der Waals surface area contributed by atoms with E-state index in [-0.39, 0.29) is 12.5 Å². The molecule has 6 rings (SSSR count). The van der Waals surface area contributed by atoms with E-state index in [1.807, 2.05) is 42.5 Å². The molecular formula is C29H30F3N7. The Kier molecular flexibility index (Phi) is 7.03. The van der Waals surface area contributed by atoms with E-state index in [1.54, 1.807) is 12.4 Å². The van der Waals surface area contributed by atoms with Gasteiger partial charge in [-0.1, -0.05) is 36.4 Å². The minimum Gasteiger partial charge on any atom is -0.324 e. The van der Waals surface area contributed by atoms with Crippen LogP contribution in [0.4, 0.5) is 24.8 Å². The first-order valence-corrected chi connectivity index (χ1v) is 13.4. The van der Waals surface area contributed by atoms with Crippen LogP contribution in [0.1, 0.15) is 48.3 Å². The van der Waals surface area contributed by atoms with E-state index < -0.39 is 12.0 Å². The summed E-state index contributed by atoms with van der Waals surface area (Å²) in [7, 11) is 0. The smallest absolute Gasteiger partial charge is 0.324 e. The molecule has 3 heterocycles. The van der Waals surface area contributed by atoms with Gasteiger partial charge in [0.2, 0.25) is 5.95 Å². The minimum absolute atomic E-state index is 0.00403. The highest BCUT2D eigenvalue weighted by Gasteiger charge is 2.37. The molecule has 10 heteroatoms. The molecule has 1 unspecified atom stereocenters. The van der Waals surface area contributed by atoms with Gasteiger partial charge in [0, 0.05) is 17.3 Å². The first-order chi connectivity index (χ1) is 18.9. The molecule has 1 atom stereocenters. The van der Waals surface area contributed by atoms with Gasteiger partial charge in [-0.05, 0) is 74.9 Å². The number of aromatic nitrogens is 5. The summed E-state index contributed by atoms with van der Waals surface area (Å²) in [6.07, 6.45) is 5.28. The van der Waals surface area contributed by atoms with Crippen molar-refractivity contribution in [3.05, 3.63) is 83.6 Å². The standard InChI is InChI=1S/C29H30F3N7/c30-29(31,32)27-36-28(39(37-27)19-24-17-34-26(18-33-24)21-6-2-1-3-7-21)35-23-11-8-20-9-12-25(13-10-22(20)16-23)38-14-4-5-15-38/h1-3,6-8,11,16-18,25H,4-5,9-10,12-15,19H2,(H,35,36,37). The number of alkyl halides is 3. The second-order valence-corrected chi connectivity index (χ2v) is 10.3. The van der Waals surface area contributed by atoms with Crippen LogP contribution in [0, 0.1) is 0 Å². The fourth-order valence-electron chi connectivity index (χ4n) is 5.58. The van der Waals surface area contributed by atoms with Crippen LogP contribution in [-0.2, 0) is 25.6 Å². The molecular weight excluding hydrogens is 503 g/mol. The fraction of sp³-hybridized carbons (Fsp3) is 0.379. The number of nitrogens with zero attached hydrogens (tertiary/aromatic N) is 6. The molecule has 1 aliphatic carbocycles. The maximum Gasteiger partial charge on any atom is 0.453 e. The summed E-state index contributed by atoms with van der Waals surface area (Å²) in [5, 5.41) is 6.84. The number of benzene rings is 2. The summed E-state index contributed by atoms with van der Waals surface area (Å²) in [5.41, 5.74) is 5.32. The average Bonchev–Trinajstić information content (AvgIpc) is 3.56. The van der Waals surface area contributed by atoms with Gasteiger partial charge in [-0.15, -0.1) is 5.10 Å². The van der Waals surface area contributed by atoms with E-state index in [1.165, 1.54) is 41.7 Å². The van der Waals surface area contributed by atoms with Crippen LogP contribution in [0.3, 0.4) is 0 Å². The Balaban J connectivity index is 1.21. The minimum atomic E-state index is -4.66. The summed E-state index contributed by atoms with van der Waals surface area (Å²) in [6, 6.07) is 16.2. The van der Waals surface area contributed by atoms with Crippen molar-refractivity contribution in [2.45, 2.75) is 57.3 Å². The molecule has 7 nitrogen and oxygen atoms in total. The van der Waals surface area contributed by atoms with Gasteiger partial charge in [-0.2, -0.15) is 18.2 Å². The number of rotatable bonds is 6. The van der Waals surface area contributed by atoms with Gasteiger partial charge >= 0.3 is 6.18 Å². The van der Waals surface area contributed by atoms with Crippen LogP contribution in [-0.4, -0.2) is 48.8 Å². The lowest BCUT2D eigenvalue weighted by Crippen LogP contribution is -2.32. The maximum atomic E-state index is 13.5. The molecule has 0 bridgehead atoms. The van der Waals surface area contributed by atoms with Gasteiger partial charge in [0.15, 0.2) is 0 Å². The van der Waals surface area contributed by atoms with E-state index in [2.05, 4.69) is 36.3 Å². The Hall–Kier alpha value is -3.79. The van der Waals surface area contributed by atoms with Crippen molar-refractivity contribution in [2.75, 3.05) is 18.4 Å². The number of hydrogen-bond acceptors (Lipinski definition) is 6. The molecule has 1 aliphatic heterocycles. The third-order valence-electron chi connectivity index (χ3n) is 7.63. The molecule has 1 fully saturated rings. The molecule has 1 N–H and O–H groups in total. The third-order valence-corrected chi connectivity index (χ3v) is 7.63. The highest BCUT2D eigenvalue weighted by atomic mass is 19.4. The number of nitrogens with one attached hydrogen (secondary N) is 1. The summed E-state index contributed by atoms with van der Waals surface area (Å²) in [5.74, 6) is -1.18. The first kappa shape index (κ1) is 25.5. The van der Waals surface area contributed by atoms with Crippen LogP contribution >= 0.6 is 0 Å². The summed E-state index contributed by atoms with van der Waals surface area (Å²) in [6.45, 7) is 2.37. The molecule has 2 aromatic heterocycles. The zero-order valence-electron chi connectivity index (χ0n) is 21.5. The van der Waals surface area contributed by atoms with Gasteiger partial charge in [0.05, 0.1) is 30.3 Å². The average molecular weight is 534 g/mol. The maximum absolute atomic E-state index is 13.5. The van der Waals surface area contributed by atoms with E-state index in [4.69, 9.17) is 0 Å². The van der Waals surface area contributed by atoms with Gasteiger partial charge in [-0.25, -0.2) is 4.68 Å². The van der Waals surface area contributed by atoms with Crippen LogP contribution in [0.2, 0.25) is 0 Å². The topological polar surface area (TPSA) is 71.8 Å². The monoisotopic (exact) mass is 533 g/mol. The van der Waals surface area contributed by atoms with E-state index in [0.29, 0.717) is 23.1 Å². The lowest BCUT2D eigenvalue weighted by Gasteiger charge is -2.25. The number of halogens is 3. The highest BCUT2D eigenvalue weighted by molar-refractivity contribution is 5.58. The molecule has 0 spiro atoms. The lowest BCUT2D eigenvalue weighted by atomic mass is 10.0. The largest absolute Gasteiger partial charge is 0.453 e. The van der Waals surface area contributed by atoms with Crippen molar-refractivity contribution in [3.8, 4) is 11.3 Å². The zero-order chi connectivity index (χ0) is 26.8. The number of hydrogen-bond donors (Lipinski definition) is 1. The SMILES string of the molecule is FC(F)(F)c1nc(Nc2ccc3c(c2)CCC(N2CCCC2)CC3)n(Cc2cnc(-c3ccccc3)cn2)n1. The molecule has 4 aromatic rings. The predicted molar refractivity (Wildman–Crippen MR) is 143 cm³/mol. The van der Waals surface area contributed by atoms with Crippen LogP contribution in [0.15, 0.2) is 60.9 Å². The number of anilines is 2. The second kappa shape index (κ2) is 10.8. The number of aryl methyl sites for hydroxylation is 2. The molecule has 1 saturated heterocycles. The molecule has 0 saturated carbocycles. The van der Waals surface area contributed by atoms with Crippen molar-refractivity contribution in [2.24, 2.45) is 0 Å². The fourth-order valence-corrected chi connectivity index (χ4v) is 5.58. The zero-order valence-corrected chi connectivity index (χ0v) is 21.5. The van der Waals surface area contributed by atoms with Gasteiger partial charge in [0.25, 0.3) is 5.82 Å². The normalized spacial score (nSPS) is 18.1. The van der Waals surface area contributed by atoms with Gasteiger partial charge in [0.1, 0.15) is 0 Å². The van der Waals surface area contributed by atoms with Crippen molar-refractivity contribution >= 4 is 11.6 Å². The Morgan fingerprint density at radius 1 is 0.897 bits per heavy atom. The summed E-state index contributed by atoms with van der Waals surface area (Å²) in [4.78, 5) is 15.3. The first-order valence-electron chi connectivity index (χ1n) is 13.4. The van der Waals surface area contributed by atoms with Crippen LogP contribution in [0.5, 0.6) is 0 Å². The molecule has 202 valence electrons. The Morgan fingerprint density at radius 2 is 1.67 bits per heavy atom. The number of fused-ring (bicyclic) bond motifs is 1. The predicted octanol–water partition coefficient (Wildman–Crippen LogP) is 5.89. The van der Waals surface area contributed by atoms with E-state index in [0.717, 1.165) is 31.2 Å². The van der Waals surface area contributed by atoms with Gasteiger partial charge in [-0.3, -0.25) is 9.97 Å². The third kappa shape index (κ3) is 5.80. The van der Waals surface area contributed by atoms with Crippen molar-refractivity contribution < 1.29 is 13.2 Å². The van der Waals surface area contributed by atoms with E-state index in [9.17, 15) is 13.2 Å². The molecule has 2 aromatic carbocycles. The van der Waals surface area contributed by atoms with Gasteiger partial charge < -0.3 is 10.2 Å². The summed E-state index contributed by atoms with van der Waals surface area (Å²) >= 11 is 0. The Morgan fingerprint density at radius 3 is 2.38 bits per heavy atom. The molecule has 0 amide bonds. The second-order valence-electron chi connectivity index (χ2n) is 10.3. The quantitative estimate of drug-likeness (QED) is 0.312. The Bertz CT molecular complexity index is 1410. The van der Waals surface area contributed by atoms with Crippen molar-refractivity contribution in [1.29, 1.82) is 0 Å². The van der Waals surface area contributed by atoms with E-state index >= 15 is 0 Å². The molecule has 2 aliphatic rings. The summed E-state index contributed by atoms with van der Waals surface area (Å²) < 4.78 is 41.8. The molecule has 39 heavy (non-hydrogen) atoms. The van der Waals surface area contributed by atoms with Crippen molar-refractivity contribution in [3.63, 3.8) is 0 Å². The highest BCUT2D eigenvalue weighted by Crippen LogP contribution is 2.31. The lowest BCUT2D eigenvalue weighted by molar-refractivity contribution is -0.144.